The van der Waals surface area contributed by atoms with Gasteiger partial charge in [-0.1, -0.05) is 11.6 Å². The van der Waals surface area contributed by atoms with Gasteiger partial charge in [0, 0.05) is 24.7 Å². The molecule has 0 amide bonds. The van der Waals surface area contributed by atoms with E-state index >= 15 is 0 Å². The molecule has 3 rings (SSSR count). The number of carbonyl (C=O) groups is 1. The van der Waals surface area contributed by atoms with Crippen molar-refractivity contribution in [2.24, 2.45) is 0 Å². The predicted octanol–water partition coefficient (Wildman–Crippen LogP) is 3.08. The Hall–Kier alpha value is -2.33. The summed E-state index contributed by atoms with van der Waals surface area (Å²) in [5.41, 5.74) is -1.22. The Morgan fingerprint density at radius 3 is 2.63 bits per heavy atom. The van der Waals surface area contributed by atoms with E-state index in [1.54, 1.807) is 4.68 Å². The minimum absolute atomic E-state index is 0.0353. The summed E-state index contributed by atoms with van der Waals surface area (Å²) in [6, 6.07) is 1.93. The summed E-state index contributed by atoms with van der Waals surface area (Å²) in [5.74, 6) is -1.63. The van der Waals surface area contributed by atoms with Crippen LogP contribution in [0.4, 0.5) is 10.1 Å². The Morgan fingerprint density at radius 1 is 1.37 bits per heavy atom. The van der Waals surface area contributed by atoms with Gasteiger partial charge in [-0.15, -0.1) is 11.8 Å². The van der Waals surface area contributed by atoms with E-state index in [9.17, 15) is 24.1 Å². The Labute approximate surface area is 162 Å². The quantitative estimate of drug-likeness (QED) is 0.322. The van der Waals surface area contributed by atoms with Crippen LogP contribution in [0.2, 0.25) is 5.15 Å². The number of halogens is 2. The van der Waals surface area contributed by atoms with Crippen molar-refractivity contribution in [2.45, 2.75) is 30.8 Å². The average Bonchev–Trinajstić information content (AvgIpc) is 2.90. The number of nitro benzene ring substituents is 1. The van der Waals surface area contributed by atoms with Crippen LogP contribution in [-0.4, -0.2) is 33.1 Å². The fourth-order valence-corrected chi connectivity index (χ4v) is 4.16. The standard InChI is InChI=1S/C16H15ClFN3O5S/c1-26-13(22)8-27-12-7-10(18)9(6-11(12)21(24)25)14-15(17)19-4-2-3-5-20(19)16(14)23/h6-7H,2-5,8H2,1H3. The number of fused-ring (bicyclic) bond motifs is 1. The normalized spacial score (nSPS) is 13.3. The maximum atomic E-state index is 14.7. The molecule has 1 aliphatic rings. The zero-order valence-electron chi connectivity index (χ0n) is 14.2. The molecule has 1 aromatic heterocycles. The first-order chi connectivity index (χ1) is 12.8. The smallest absolute Gasteiger partial charge is 0.315 e. The number of benzene rings is 1. The molecule has 0 N–H and O–H groups in total. The van der Waals surface area contributed by atoms with Gasteiger partial charge >= 0.3 is 5.97 Å². The molecule has 27 heavy (non-hydrogen) atoms. The van der Waals surface area contributed by atoms with E-state index in [2.05, 4.69) is 4.74 Å². The monoisotopic (exact) mass is 415 g/mol. The number of hydrogen-bond donors (Lipinski definition) is 0. The number of nitro groups is 1. The van der Waals surface area contributed by atoms with Gasteiger partial charge in [-0.3, -0.25) is 24.4 Å². The molecule has 1 aliphatic heterocycles. The van der Waals surface area contributed by atoms with Gasteiger partial charge < -0.3 is 4.74 Å². The van der Waals surface area contributed by atoms with Crippen LogP contribution in [0.5, 0.6) is 0 Å². The van der Waals surface area contributed by atoms with Crippen LogP contribution in [-0.2, 0) is 22.6 Å². The topological polar surface area (TPSA) is 96.4 Å². The molecular weight excluding hydrogens is 401 g/mol. The number of aromatic nitrogens is 2. The number of rotatable bonds is 5. The molecule has 8 nitrogen and oxygen atoms in total. The molecule has 0 atom stereocenters. The van der Waals surface area contributed by atoms with Crippen molar-refractivity contribution in [2.75, 3.05) is 12.9 Å². The highest BCUT2D eigenvalue weighted by atomic mass is 35.5. The lowest BCUT2D eigenvalue weighted by atomic mass is 10.1. The van der Waals surface area contributed by atoms with Crippen molar-refractivity contribution in [3.05, 3.63) is 43.6 Å². The van der Waals surface area contributed by atoms with Gasteiger partial charge in [-0.2, -0.15) is 0 Å². The van der Waals surface area contributed by atoms with E-state index in [-0.39, 0.29) is 26.9 Å². The minimum atomic E-state index is -0.824. The van der Waals surface area contributed by atoms with Crippen molar-refractivity contribution in [3.8, 4) is 11.1 Å². The molecule has 0 saturated heterocycles. The van der Waals surface area contributed by atoms with Crippen LogP contribution in [0, 0.1) is 15.9 Å². The second kappa shape index (κ2) is 7.73. The van der Waals surface area contributed by atoms with Crippen LogP contribution in [0.3, 0.4) is 0 Å². The third kappa shape index (κ3) is 3.59. The van der Waals surface area contributed by atoms with Crippen molar-refractivity contribution in [1.29, 1.82) is 0 Å². The fourth-order valence-electron chi connectivity index (χ4n) is 2.94. The van der Waals surface area contributed by atoms with Crippen LogP contribution < -0.4 is 5.56 Å². The van der Waals surface area contributed by atoms with Gasteiger partial charge in [0.1, 0.15) is 11.0 Å². The Kier molecular flexibility index (Phi) is 5.56. The van der Waals surface area contributed by atoms with Crippen molar-refractivity contribution >= 4 is 35.0 Å². The Morgan fingerprint density at radius 2 is 2.04 bits per heavy atom. The van der Waals surface area contributed by atoms with Crippen LogP contribution in [0.15, 0.2) is 21.8 Å². The summed E-state index contributed by atoms with van der Waals surface area (Å²) in [5, 5.41) is 11.5. The number of thioether (sulfide) groups is 1. The average molecular weight is 416 g/mol. The molecule has 2 aromatic rings. The lowest BCUT2D eigenvalue weighted by Crippen LogP contribution is -2.27. The summed E-state index contributed by atoms with van der Waals surface area (Å²) >= 11 is 7.07. The van der Waals surface area contributed by atoms with Gasteiger partial charge in [-0.25, -0.2) is 9.07 Å². The van der Waals surface area contributed by atoms with Crippen LogP contribution in [0.1, 0.15) is 12.8 Å². The first-order valence-electron chi connectivity index (χ1n) is 8.02. The van der Waals surface area contributed by atoms with Gasteiger partial charge in [-0.05, 0) is 18.9 Å². The number of nitrogens with zero attached hydrogens (tertiary/aromatic N) is 3. The zero-order chi connectivity index (χ0) is 19.7. The SMILES string of the molecule is COC(=O)CSc1cc(F)c(-c2c(Cl)n3n(c2=O)CCCC3)cc1[N+](=O)[O-]. The van der Waals surface area contributed by atoms with E-state index < -0.39 is 28.0 Å². The summed E-state index contributed by atoms with van der Waals surface area (Å²) in [7, 11) is 1.19. The molecule has 0 unspecified atom stereocenters. The van der Waals surface area contributed by atoms with E-state index in [0.717, 1.165) is 36.7 Å². The van der Waals surface area contributed by atoms with Gasteiger partial charge in [0.15, 0.2) is 0 Å². The number of ether oxygens (including phenoxy) is 1. The lowest BCUT2D eigenvalue weighted by molar-refractivity contribution is -0.387. The molecule has 0 spiro atoms. The van der Waals surface area contributed by atoms with Crippen molar-refractivity contribution < 1.29 is 18.8 Å². The van der Waals surface area contributed by atoms with Crippen molar-refractivity contribution in [3.63, 3.8) is 0 Å². The van der Waals surface area contributed by atoms with E-state index in [4.69, 9.17) is 11.6 Å². The number of esters is 1. The molecule has 2 heterocycles. The highest BCUT2D eigenvalue weighted by molar-refractivity contribution is 8.00. The summed E-state index contributed by atoms with van der Waals surface area (Å²) in [4.78, 5) is 34.6. The summed E-state index contributed by atoms with van der Waals surface area (Å²) in [6.45, 7) is 0.972. The third-order valence-electron chi connectivity index (χ3n) is 4.25. The fraction of sp³-hybridized carbons (Fsp3) is 0.375. The van der Waals surface area contributed by atoms with Crippen LogP contribution in [0.25, 0.3) is 11.1 Å². The van der Waals surface area contributed by atoms with Crippen molar-refractivity contribution in [1.82, 2.24) is 9.36 Å². The summed E-state index contributed by atoms with van der Waals surface area (Å²) in [6.07, 6.45) is 1.63. The lowest BCUT2D eigenvalue weighted by Gasteiger charge is -2.17. The van der Waals surface area contributed by atoms with Gasteiger partial charge in [0.2, 0.25) is 0 Å². The Balaban J connectivity index is 2.11. The maximum Gasteiger partial charge on any atom is 0.315 e. The first kappa shape index (κ1) is 19.4. The third-order valence-corrected chi connectivity index (χ3v) is 5.65. The zero-order valence-corrected chi connectivity index (χ0v) is 15.8. The molecule has 0 saturated carbocycles. The molecular formula is C16H15ClFN3O5S. The second-order valence-corrected chi connectivity index (χ2v) is 7.22. The summed E-state index contributed by atoms with van der Waals surface area (Å²) < 4.78 is 22.2. The van der Waals surface area contributed by atoms with E-state index in [1.807, 2.05) is 0 Å². The molecule has 0 fully saturated rings. The number of carbonyl (C=O) groups excluding carboxylic acids is 1. The first-order valence-corrected chi connectivity index (χ1v) is 9.38. The molecule has 11 heteroatoms. The number of hydrogen-bond acceptors (Lipinski definition) is 6. The van der Waals surface area contributed by atoms with Gasteiger partial charge in [0.25, 0.3) is 11.2 Å². The largest absolute Gasteiger partial charge is 0.468 e. The molecule has 0 radical (unpaired) electrons. The van der Waals surface area contributed by atoms with Crippen LogP contribution >= 0.6 is 23.4 Å². The maximum absolute atomic E-state index is 14.7. The molecule has 1 aromatic carbocycles. The van der Waals surface area contributed by atoms with E-state index in [1.165, 1.54) is 11.8 Å². The highest BCUT2D eigenvalue weighted by Crippen LogP contribution is 2.37. The molecule has 144 valence electrons. The second-order valence-electron chi connectivity index (χ2n) is 5.85. The predicted molar refractivity (Wildman–Crippen MR) is 97.7 cm³/mol. The minimum Gasteiger partial charge on any atom is -0.468 e. The van der Waals surface area contributed by atoms with E-state index in [0.29, 0.717) is 13.1 Å². The molecule has 0 bridgehead atoms. The Bertz CT molecular complexity index is 987. The molecule has 0 aliphatic carbocycles. The number of methoxy groups -OCH3 is 1. The highest BCUT2D eigenvalue weighted by Gasteiger charge is 2.27. The van der Waals surface area contributed by atoms with Gasteiger partial charge in [0.05, 0.1) is 28.2 Å².